The number of nitrogens with zero attached hydrogens (tertiary/aromatic N) is 2. The molecular weight excluding hydrogens is 292 g/mol. The molecule has 5 heteroatoms. The largest absolute Gasteiger partial charge is 0.381 e. The number of likely N-dealkylation sites (tertiary alicyclic amines) is 2. The Balaban J connectivity index is 1.74. The van der Waals surface area contributed by atoms with Gasteiger partial charge in [-0.2, -0.15) is 0 Å². The van der Waals surface area contributed by atoms with Gasteiger partial charge in [-0.1, -0.05) is 6.08 Å². The molecule has 3 aliphatic rings. The van der Waals surface area contributed by atoms with E-state index in [9.17, 15) is 9.59 Å². The zero-order chi connectivity index (χ0) is 16.3. The van der Waals surface area contributed by atoms with Crippen LogP contribution in [0, 0.1) is 5.92 Å². The van der Waals surface area contributed by atoms with E-state index in [-0.39, 0.29) is 23.3 Å². The van der Waals surface area contributed by atoms with Crippen molar-refractivity contribution in [2.75, 3.05) is 32.8 Å². The van der Waals surface area contributed by atoms with E-state index in [2.05, 4.69) is 6.58 Å². The molecule has 3 aliphatic heterocycles. The topological polar surface area (TPSA) is 49.9 Å². The number of hydrogen-bond donors (Lipinski definition) is 0. The normalized spacial score (nSPS) is 29.8. The monoisotopic (exact) mass is 320 g/mol. The highest BCUT2D eigenvalue weighted by Crippen LogP contribution is 2.37. The minimum atomic E-state index is -0.164. The molecule has 1 spiro atoms. The first-order valence-corrected chi connectivity index (χ1v) is 8.94. The van der Waals surface area contributed by atoms with Gasteiger partial charge < -0.3 is 14.5 Å². The van der Waals surface area contributed by atoms with Crippen molar-refractivity contribution in [1.82, 2.24) is 9.80 Å². The molecule has 5 nitrogen and oxygen atoms in total. The second kappa shape index (κ2) is 7.04. The molecule has 0 radical (unpaired) electrons. The van der Waals surface area contributed by atoms with Crippen molar-refractivity contribution in [1.29, 1.82) is 0 Å². The lowest BCUT2D eigenvalue weighted by atomic mass is 9.79. The zero-order valence-corrected chi connectivity index (χ0v) is 14.0. The number of carbonyl (C=O) groups excluding carboxylic acids is 2. The van der Waals surface area contributed by atoms with Gasteiger partial charge in [0.1, 0.15) is 0 Å². The van der Waals surface area contributed by atoms with Crippen LogP contribution in [0.1, 0.15) is 44.9 Å². The van der Waals surface area contributed by atoms with Crippen molar-refractivity contribution < 1.29 is 14.3 Å². The average molecular weight is 320 g/mol. The Morgan fingerprint density at radius 1 is 1.30 bits per heavy atom. The third-order valence-electron chi connectivity index (χ3n) is 5.66. The molecule has 0 aromatic heterocycles. The Hall–Kier alpha value is -1.36. The SMILES string of the molecule is C=CCN1C(=O)CCCC12CCCN(C(=O)C1CCOCC1)C2. The van der Waals surface area contributed by atoms with Crippen LogP contribution in [0.2, 0.25) is 0 Å². The van der Waals surface area contributed by atoms with Crippen molar-refractivity contribution in [2.24, 2.45) is 5.92 Å². The Kier molecular flexibility index (Phi) is 5.05. The number of rotatable bonds is 3. The van der Waals surface area contributed by atoms with Crippen LogP contribution in [0.25, 0.3) is 0 Å². The summed E-state index contributed by atoms with van der Waals surface area (Å²) in [6, 6.07) is 0. The molecule has 0 aromatic rings. The van der Waals surface area contributed by atoms with Crippen LogP contribution in [-0.4, -0.2) is 60.0 Å². The van der Waals surface area contributed by atoms with Gasteiger partial charge >= 0.3 is 0 Å². The smallest absolute Gasteiger partial charge is 0.225 e. The van der Waals surface area contributed by atoms with Crippen molar-refractivity contribution in [3.63, 3.8) is 0 Å². The molecule has 3 saturated heterocycles. The van der Waals surface area contributed by atoms with Gasteiger partial charge in [-0.05, 0) is 38.5 Å². The van der Waals surface area contributed by atoms with Crippen LogP contribution in [0.15, 0.2) is 12.7 Å². The van der Waals surface area contributed by atoms with Crippen molar-refractivity contribution in [3.8, 4) is 0 Å². The molecule has 0 aliphatic carbocycles. The maximum atomic E-state index is 12.9. The summed E-state index contributed by atoms with van der Waals surface area (Å²) in [6.07, 6.45) is 8.03. The highest BCUT2D eigenvalue weighted by Gasteiger charge is 2.46. The van der Waals surface area contributed by atoms with Crippen LogP contribution in [0.3, 0.4) is 0 Å². The van der Waals surface area contributed by atoms with Crippen LogP contribution >= 0.6 is 0 Å². The van der Waals surface area contributed by atoms with Crippen LogP contribution in [0.5, 0.6) is 0 Å². The van der Waals surface area contributed by atoms with Crippen molar-refractivity contribution >= 4 is 11.8 Å². The van der Waals surface area contributed by atoms with E-state index in [0.717, 1.165) is 45.1 Å². The van der Waals surface area contributed by atoms with E-state index in [1.54, 1.807) is 0 Å². The van der Waals surface area contributed by atoms with Crippen molar-refractivity contribution in [3.05, 3.63) is 12.7 Å². The minimum Gasteiger partial charge on any atom is -0.381 e. The molecule has 0 saturated carbocycles. The minimum absolute atomic E-state index is 0.103. The lowest BCUT2D eigenvalue weighted by molar-refractivity contribution is -0.152. The Bertz CT molecular complexity index is 469. The van der Waals surface area contributed by atoms with Gasteiger partial charge in [0.2, 0.25) is 11.8 Å². The fourth-order valence-electron chi connectivity index (χ4n) is 4.46. The summed E-state index contributed by atoms with van der Waals surface area (Å²) in [4.78, 5) is 29.3. The number of carbonyl (C=O) groups is 2. The van der Waals surface area contributed by atoms with Gasteiger partial charge in [-0.15, -0.1) is 6.58 Å². The summed E-state index contributed by atoms with van der Waals surface area (Å²) in [6.45, 7) is 7.31. The summed E-state index contributed by atoms with van der Waals surface area (Å²) < 4.78 is 5.38. The lowest BCUT2D eigenvalue weighted by Crippen LogP contribution is -2.63. The predicted molar refractivity (Wildman–Crippen MR) is 87.8 cm³/mol. The highest BCUT2D eigenvalue weighted by atomic mass is 16.5. The van der Waals surface area contributed by atoms with Gasteiger partial charge in [0.05, 0.1) is 5.54 Å². The average Bonchev–Trinajstić information content (AvgIpc) is 2.59. The van der Waals surface area contributed by atoms with Gasteiger partial charge in [-0.25, -0.2) is 0 Å². The maximum Gasteiger partial charge on any atom is 0.225 e. The second-order valence-corrected chi connectivity index (χ2v) is 7.12. The molecule has 1 unspecified atom stereocenters. The number of piperidine rings is 2. The zero-order valence-electron chi connectivity index (χ0n) is 14.0. The number of hydrogen-bond acceptors (Lipinski definition) is 3. The lowest BCUT2D eigenvalue weighted by Gasteiger charge is -2.52. The molecule has 2 amide bonds. The first kappa shape index (κ1) is 16.5. The predicted octanol–water partition coefficient (Wildman–Crippen LogP) is 1.97. The summed E-state index contributed by atoms with van der Waals surface area (Å²) in [5.74, 6) is 0.589. The third kappa shape index (κ3) is 3.30. The van der Waals surface area contributed by atoms with E-state index in [4.69, 9.17) is 4.74 Å². The van der Waals surface area contributed by atoms with Crippen LogP contribution in [-0.2, 0) is 14.3 Å². The van der Waals surface area contributed by atoms with Crippen molar-refractivity contribution in [2.45, 2.75) is 50.5 Å². The fraction of sp³-hybridized carbons (Fsp3) is 0.778. The van der Waals surface area contributed by atoms with E-state index in [1.165, 1.54) is 0 Å². The summed E-state index contributed by atoms with van der Waals surface area (Å²) in [5, 5.41) is 0. The maximum absolute atomic E-state index is 12.9. The highest BCUT2D eigenvalue weighted by molar-refractivity contribution is 5.80. The molecular formula is C18H28N2O3. The van der Waals surface area contributed by atoms with E-state index in [0.29, 0.717) is 32.7 Å². The van der Waals surface area contributed by atoms with E-state index < -0.39 is 0 Å². The van der Waals surface area contributed by atoms with Gasteiger partial charge in [0.25, 0.3) is 0 Å². The summed E-state index contributed by atoms with van der Waals surface area (Å²) >= 11 is 0. The molecule has 128 valence electrons. The molecule has 3 rings (SSSR count). The number of ether oxygens (including phenoxy) is 1. The van der Waals surface area contributed by atoms with Crippen LogP contribution in [0.4, 0.5) is 0 Å². The first-order chi connectivity index (χ1) is 11.2. The molecule has 23 heavy (non-hydrogen) atoms. The standard InChI is InChI=1S/C18H28N2O3/c1-2-10-20-16(21)5-3-8-18(20)9-4-11-19(14-18)17(22)15-6-12-23-13-7-15/h2,15H,1,3-14H2. The number of amides is 2. The Labute approximate surface area is 138 Å². The summed E-state index contributed by atoms with van der Waals surface area (Å²) in [7, 11) is 0. The van der Waals surface area contributed by atoms with Crippen LogP contribution < -0.4 is 0 Å². The first-order valence-electron chi connectivity index (χ1n) is 8.94. The Morgan fingerprint density at radius 2 is 2.04 bits per heavy atom. The van der Waals surface area contributed by atoms with Gasteiger partial charge in [0.15, 0.2) is 0 Å². The quantitative estimate of drug-likeness (QED) is 0.747. The molecule has 0 N–H and O–H groups in total. The molecule has 0 aromatic carbocycles. The molecule has 3 heterocycles. The molecule has 1 atom stereocenters. The second-order valence-electron chi connectivity index (χ2n) is 7.12. The fourth-order valence-corrected chi connectivity index (χ4v) is 4.46. The molecule has 3 fully saturated rings. The van der Waals surface area contributed by atoms with E-state index in [1.807, 2.05) is 15.9 Å². The Morgan fingerprint density at radius 3 is 2.78 bits per heavy atom. The summed E-state index contributed by atoms with van der Waals surface area (Å²) in [5.41, 5.74) is -0.164. The van der Waals surface area contributed by atoms with E-state index >= 15 is 0 Å². The molecule has 0 bridgehead atoms. The third-order valence-corrected chi connectivity index (χ3v) is 5.66. The van der Waals surface area contributed by atoms with Gasteiger partial charge in [0, 0.05) is 45.2 Å². The van der Waals surface area contributed by atoms with Gasteiger partial charge in [-0.3, -0.25) is 9.59 Å².